The molecule has 0 heterocycles. The second-order valence-electron chi connectivity index (χ2n) is 4.27. The molecular weight excluding hydrogens is 208 g/mol. The summed E-state index contributed by atoms with van der Waals surface area (Å²) in [4.78, 5) is 21.4. The number of carbonyl (C=O) groups excluding carboxylic acids is 1. The van der Waals surface area contributed by atoms with Gasteiger partial charge >= 0.3 is 12.0 Å². The zero-order valence-electron chi connectivity index (χ0n) is 9.50. The lowest BCUT2D eigenvalue weighted by Crippen LogP contribution is -2.37. The van der Waals surface area contributed by atoms with Crippen molar-refractivity contribution < 1.29 is 14.7 Å². The minimum atomic E-state index is -0.897. The molecule has 0 atom stereocenters. The number of urea groups is 1. The Bertz CT molecular complexity index is 237. The van der Waals surface area contributed by atoms with E-state index in [1.807, 2.05) is 0 Å². The van der Waals surface area contributed by atoms with E-state index in [1.54, 1.807) is 0 Å². The van der Waals surface area contributed by atoms with Crippen LogP contribution in [0.25, 0.3) is 0 Å². The number of hydrogen-bond donors (Lipinski definition) is 3. The van der Waals surface area contributed by atoms with E-state index in [-0.39, 0.29) is 19.0 Å². The van der Waals surface area contributed by atoms with Crippen LogP contribution in [0, 0.1) is 5.92 Å². The Labute approximate surface area is 95.6 Å². The fourth-order valence-electron chi connectivity index (χ4n) is 2.03. The third-order valence-corrected chi connectivity index (χ3v) is 2.94. The van der Waals surface area contributed by atoms with E-state index >= 15 is 0 Å². The average molecular weight is 228 g/mol. The summed E-state index contributed by atoms with van der Waals surface area (Å²) in [6.07, 6.45) is 6.19. The predicted octanol–water partition coefficient (Wildman–Crippen LogP) is 1.34. The zero-order chi connectivity index (χ0) is 11.8. The molecule has 0 bridgehead atoms. The van der Waals surface area contributed by atoms with Crippen LogP contribution in [0.2, 0.25) is 0 Å². The van der Waals surface area contributed by atoms with Crippen LogP contribution < -0.4 is 10.6 Å². The van der Waals surface area contributed by atoms with Gasteiger partial charge in [-0.15, -0.1) is 0 Å². The standard InChI is InChI=1S/C11H20N2O3/c14-10(15)6-8-13-11(16)12-7-5-9-3-1-2-4-9/h9H,1-8H2,(H,14,15)(H2,12,13,16). The van der Waals surface area contributed by atoms with Gasteiger partial charge in [-0.05, 0) is 12.3 Å². The van der Waals surface area contributed by atoms with Gasteiger partial charge in [0.05, 0.1) is 6.42 Å². The maximum absolute atomic E-state index is 11.2. The fraction of sp³-hybridized carbons (Fsp3) is 0.818. The first-order valence-electron chi connectivity index (χ1n) is 5.92. The molecule has 92 valence electrons. The molecular formula is C11H20N2O3. The molecule has 1 aliphatic carbocycles. The molecule has 0 unspecified atom stereocenters. The number of hydrogen-bond acceptors (Lipinski definition) is 2. The van der Waals surface area contributed by atoms with E-state index < -0.39 is 5.97 Å². The lowest BCUT2D eigenvalue weighted by molar-refractivity contribution is -0.136. The van der Waals surface area contributed by atoms with Gasteiger partial charge in [0.15, 0.2) is 0 Å². The van der Waals surface area contributed by atoms with Gasteiger partial charge in [0, 0.05) is 13.1 Å². The number of nitrogens with one attached hydrogen (secondary N) is 2. The molecule has 1 fully saturated rings. The number of aliphatic carboxylic acids is 1. The van der Waals surface area contributed by atoms with Crippen molar-refractivity contribution in [2.24, 2.45) is 5.92 Å². The molecule has 1 aliphatic rings. The lowest BCUT2D eigenvalue weighted by Gasteiger charge is -2.10. The predicted molar refractivity (Wildman–Crippen MR) is 60.2 cm³/mol. The summed E-state index contributed by atoms with van der Waals surface area (Å²) in [5.41, 5.74) is 0. The highest BCUT2D eigenvalue weighted by Gasteiger charge is 2.14. The largest absolute Gasteiger partial charge is 0.481 e. The van der Waals surface area contributed by atoms with Crippen molar-refractivity contribution in [1.82, 2.24) is 10.6 Å². The van der Waals surface area contributed by atoms with Crippen LogP contribution in [0.1, 0.15) is 38.5 Å². The highest BCUT2D eigenvalue weighted by atomic mass is 16.4. The number of rotatable bonds is 6. The highest BCUT2D eigenvalue weighted by molar-refractivity contribution is 5.74. The molecule has 1 rings (SSSR count). The number of carboxylic acids is 1. The summed E-state index contributed by atoms with van der Waals surface area (Å²) in [6.45, 7) is 0.869. The Hall–Kier alpha value is -1.26. The summed E-state index contributed by atoms with van der Waals surface area (Å²) in [6, 6.07) is -0.265. The third-order valence-electron chi connectivity index (χ3n) is 2.94. The third kappa shape index (κ3) is 5.58. The van der Waals surface area contributed by atoms with Gasteiger partial charge in [-0.3, -0.25) is 4.79 Å². The van der Waals surface area contributed by atoms with Gasteiger partial charge in [-0.2, -0.15) is 0 Å². The Kier molecular flexibility index (Phi) is 5.67. The first-order chi connectivity index (χ1) is 7.68. The minimum Gasteiger partial charge on any atom is -0.481 e. The Morgan fingerprint density at radius 3 is 2.38 bits per heavy atom. The van der Waals surface area contributed by atoms with Crippen molar-refractivity contribution in [3.05, 3.63) is 0 Å². The van der Waals surface area contributed by atoms with Gasteiger partial charge in [-0.25, -0.2) is 4.79 Å². The molecule has 0 spiro atoms. The number of carboxylic acid groups (broad SMARTS) is 1. The van der Waals surface area contributed by atoms with Gasteiger partial charge in [0.1, 0.15) is 0 Å². The molecule has 0 aromatic heterocycles. The number of amides is 2. The molecule has 3 N–H and O–H groups in total. The van der Waals surface area contributed by atoms with E-state index in [9.17, 15) is 9.59 Å². The molecule has 0 radical (unpaired) electrons. The highest BCUT2D eigenvalue weighted by Crippen LogP contribution is 2.26. The summed E-state index contributed by atoms with van der Waals surface area (Å²) in [7, 11) is 0. The SMILES string of the molecule is O=C(O)CCNC(=O)NCCC1CCCC1. The first-order valence-corrected chi connectivity index (χ1v) is 5.92. The molecule has 5 heteroatoms. The summed E-state index contributed by atoms with van der Waals surface area (Å²) >= 11 is 0. The van der Waals surface area contributed by atoms with Gasteiger partial charge in [0.2, 0.25) is 0 Å². The van der Waals surface area contributed by atoms with Crippen LogP contribution in [0.15, 0.2) is 0 Å². The molecule has 2 amide bonds. The second kappa shape index (κ2) is 7.09. The normalized spacial score (nSPS) is 16.0. The van der Waals surface area contributed by atoms with Crippen molar-refractivity contribution in [3.8, 4) is 0 Å². The minimum absolute atomic E-state index is 0.0317. The van der Waals surface area contributed by atoms with Crippen molar-refractivity contribution in [3.63, 3.8) is 0 Å². The van der Waals surface area contributed by atoms with E-state index in [0.29, 0.717) is 6.54 Å². The van der Waals surface area contributed by atoms with Crippen LogP contribution in [0.3, 0.4) is 0 Å². The maximum Gasteiger partial charge on any atom is 0.314 e. The second-order valence-corrected chi connectivity index (χ2v) is 4.27. The van der Waals surface area contributed by atoms with Crippen molar-refractivity contribution in [1.29, 1.82) is 0 Å². The summed E-state index contributed by atoms with van der Waals surface area (Å²) < 4.78 is 0. The zero-order valence-corrected chi connectivity index (χ0v) is 9.50. The Morgan fingerprint density at radius 1 is 1.12 bits per heavy atom. The van der Waals surface area contributed by atoms with Gasteiger partial charge in [-0.1, -0.05) is 25.7 Å². The van der Waals surface area contributed by atoms with Gasteiger partial charge < -0.3 is 15.7 Å². The molecule has 0 saturated heterocycles. The molecule has 0 aromatic carbocycles. The van der Waals surface area contributed by atoms with Crippen molar-refractivity contribution in [2.45, 2.75) is 38.5 Å². The topological polar surface area (TPSA) is 78.4 Å². The average Bonchev–Trinajstić information content (AvgIpc) is 2.70. The van der Waals surface area contributed by atoms with E-state index in [1.165, 1.54) is 25.7 Å². The monoisotopic (exact) mass is 228 g/mol. The first kappa shape index (κ1) is 12.8. The molecule has 5 nitrogen and oxygen atoms in total. The van der Waals surface area contributed by atoms with Crippen LogP contribution >= 0.6 is 0 Å². The van der Waals surface area contributed by atoms with E-state index in [0.717, 1.165) is 12.3 Å². The fourth-order valence-corrected chi connectivity index (χ4v) is 2.03. The summed E-state index contributed by atoms with van der Waals surface area (Å²) in [5, 5.41) is 13.6. The van der Waals surface area contributed by atoms with Gasteiger partial charge in [0.25, 0.3) is 0 Å². The van der Waals surface area contributed by atoms with Crippen LogP contribution in [0.5, 0.6) is 0 Å². The smallest absolute Gasteiger partial charge is 0.314 e. The Balaban J connectivity index is 1.95. The lowest BCUT2D eigenvalue weighted by atomic mass is 10.0. The van der Waals surface area contributed by atoms with E-state index in [4.69, 9.17) is 5.11 Å². The van der Waals surface area contributed by atoms with Crippen LogP contribution in [-0.2, 0) is 4.79 Å². The number of carbonyl (C=O) groups is 2. The molecule has 1 saturated carbocycles. The Morgan fingerprint density at radius 2 is 1.75 bits per heavy atom. The van der Waals surface area contributed by atoms with Crippen LogP contribution in [-0.4, -0.2) is 30.2 Å². The molecule has 0 aliphatic heterocycles. The van der Waals surface area contributed by atoms with Crippen molar-refractivity contribution in [2.75, 3.05) is 13.1 Å². The summed E-state index contributed by atoms with van der Waals surface area (Å²) in [5.74, 6) is -0.134. The quantitative estimate of drug-likeness (QED) is 0.642. The molecule has 16 heavy (non-hydrogen) atoms. The molecule has 0 aromatic rings. The van der Waals surface area contributed by atoms with E-state index in [2.05, 4.69) is 10.6 Å². The maximum atomic E-state index is 11.2. The van der Waals surface area contributed by atoms with Crippen molar-refractivity contribution >= 4 is 12.0 Å². The van der Waals surface area contributed by atoms with Crippen LogP contribution in [0.4, 0.5) is 4.79 Å².